The molecule has 0 saturated carbocycles. The van der Waals surface area contributed by atoms with Crippen LogP contribution in [0.15, 0.2) is 42.6 Å². The van der Waals surface area contributed by atoms with Crippen molar-refractivity contribution >= 4 is 17.2 Å². The van der Waals surface area contributed by atoms with Gasteiger partial charge in [0, 0.05) is 23.9 Å². The molecule has 0 aliphatic rings. The third-order valence-corrected chi connectivity index (χ3v) is 3.23. The van der Waals surface area contributed by atoms with Crippen LogP contribution in [0.3, 0.4) is 0 Å². The van der Waals surface area contributed by atoms with Crippen molar-refractivity contribution in [1.82, 2.24) is 9.38 Å². The highest BCUT2D eigenvalue weighted by Gasteiger charge is 2.13. The molecule has 100 valence electrons. The van der Waals surface area contributed by atoms with Gasteiger partial charge in [-0.1, -0.05) is 6.07 Å². The van der Waals surface area contributed by atoms with Gasteiger partial charge in [0.05, 0.1) is 4.92 Å². The smallest absolute Gasteiger partial charge is 0.269 e. The zero-order valence-corrected chi connectivity index (χ0v) is 10.8. The molecule has 1 aromatic carbocycles. The lowest BCUT2D eigenvalue weighted by atomic mass is 10.1. The van der Waals surface area contributed by atoms with Crippen LogP contribution in [-0.4, -0.2) is 14.3 Å². The van der Waals surface area contributed by atoms with E-state index in [0.29, 0.717) is 11.5 Å². The zero-order chi connectivity index (χ0) is 14.3. The van der Waals surface area contributed by atoms with E-state index in [1.807, 2.05) is 29.7 Å². The van der Waals surface area contributed by atoms with Gasteiger partial charge in [-0.3, -0.25) is 14.5 Å². The van der Waals surface area contributed by atoms with Gasteiger partial charge in [-0.25, -0.2) is 4.98 Å². The first-order valence-electron chi connectivity index (χ1n) is 6.06. The average Bonchev–Trinajstić information content (AvgIpc) is 2.78. The maximum Gasteiger partial charge on any atom is 0.269 e. The summed E-state index contributed by atoms with van der Waals surface area (Å²) in [5.41, 5.74) is 9.36. The summed E-state index contributed by atoms with van der Waals surface area (Å²) in [5, 5.41) is 10.7. The fraction of sp³-hybridized carbons (Fsp3) is 0.0714. The Hall–Kier alpha value is -2.89. The molecule has 20 heavy (non-hydrogen) atoms. The minimum Gasteiger partial charge on any atom is -0.383 e. The number of aryl methyl sites for hydroxylation is 1. The number of nitro benzene ring substituents is 1. The number of anilines is 1. The number of nitrogens with two attached hydrogens (primary N) is 1. The Labute approximate surface area is 114 Å². The van der Waals surface area contributed by atoms with Crippen LogP contribution in [0.4, 0.5) is 11.5 Å². The zero-order valence-electron chi connectivity index (χ0n) is 10.8. The summed E-state index contributed by atoms with van der Waals surface area (Å²) in [5.74, 6) is 0.526. The maximum absolute atomic E-state index is 10.7. The fourth-order valence-electron chi connectivity index (χ4n) is 2.18. The summed E-state index contributed by atoms with van der Waals surface area (Å²) in [6.45, 7) is 1.96. The Balaban J connectivity index is 2.17. The second kappa shape index (κ2) is 4.34. The highest BCUT2D eigenvalue weighted by atomic mass is 16.6. The van der Waals surface area contributed by atoms with Crippen LogP contribution in [0, 0.1) is 17.0 Å². The van der Waals surface area contributed by atoms with Crippen LogP contribution in [0.5, 0.6) is 0 Å². The monoisotopic (exact) mass is 268 g/mol. The molecular weight excluding hydrogens is 256 g/mol. The molecule has 6 heteroatoms. The molecule has 2 N–H and O–H groups in total. The Kier molecular flexibility index (Phi) is 2.64. The van der Waals surface area contributed by atoms with Gasteiger partial charge in [-0.2, -0.15) is 0 Å². The molecule has 3 aromatic rings. The lowest BCUT2D eigenvalue weighted by Crippen LogP contribution is -1.94. The maximum atomic E-state index is 10.7. The van der Waals surface area contributed by atoms with Gasteiger partial charge in [0.2, 0.25) is 0 Å². The van der Waals surface area contributed by atoms with E-state index in [4.69, 9.17) is 5.73 Å². The molecule has 2 heterocycles. The van der Waals surface area contributed by atoms with E-state index in [0.717, 1.165) is 16.8 Å². The fourth-order valence-corrected chi connectivity index (χ4v) is 2.18. The number of hydrogen-bond donors (Lipinski definition) is 1. The number of imidazole rings is 1. The average molecular weight is 268 g/mol. The molecule has 0 unspecified atom stereocenters. The van der Waals surface area contributed by atoms with Gasteiger partial charge < -0.3 is 5.73 Å². The van der Waals surface area contributed by atoms with Gasteiger partial charge in [-0.15, -0.1) is 0 Å². The van der Waals surface area contributed by atoms with Crippen LogP contribution < -0.4 is 5.73 Å². The van der Waals surface area contributed by atoms with Crippen molar-refractivity contribution in [3.8, 4) is 11.3 Å². The Bertz CT molecular complexity index is 806. The van der Waals surface area contributed by atoms with E-state index in [-0.39, 0.29) is 5.69 Å². The first kappa shape index (κ1) is 12.2. The van der Waals surface area contributed by atoms with Crippen molar-refractivity contribution < 1.29 is 4.92 Å². The number of nitro groups is 1. The lowest BCUT2D eigenvalue weighted by Gasteiger charge is -1.99. The second-order valence-corrected chi connectivity index (χ2v) is 4.53. The molecule has 3 rings (SSSR count). The summed E-state index contributed by atoms with van der Waals surface area (Å²) < 4.78 is 1.81. The molecule has 6 nitrogen and oxygen atoms in total. The highest BCUT2D eigenvalue weighted by molar-refractivity contribution is 5.76. The SMILES string of the molecule is Cc1cccn2c(N)c(-c3ccc([N+](=O)[O-])cc3)nc12. The number of pyridine rings is 1. The van der Waals surface area contributed by atoms with Gasteiger partial charge in [-0.05, 0) is 30.7 Å². The van der Waals surface area contributed by atoms with Crippen molar-refractivity contribution in [2.75, 3.05) is 5.73 Å². The predicted molar refractivity (Wildman–Crippen MR) is 76.4 cm³/mol. The largest absolute Gasteiger partial charge is 0.383 e. The number of fused-ring (bicyclic) bond motifs is 1. The first-order chi connectivity index (χ1) is 9.58. The van der Waals surface area contributed by atoms with Crippen LogP contribution >= 0.6 is 0 Å². The van der Waals surface area contributed by atoms with Crippen molar-refractivity contribution in [2.45, 2.75) is 6.92 Å². The van der Waals surface area contributed by atoms with Crippen LogP contribution in [0.1, 0.15) is 5.56 Å². The summed E-state index contributed by atoms with van der Waals surface area (Å²) in [4.78, 5) is 14.8. The summed E-state index contributed by atoms with van der Waals surface area (Å²) >= 11 is 0. The summed E-state index contributed by atoms with van der Waals surface area (Å²) in [6, 6.07) is 10.1. The predicted octanol–water partition coefficient (Wildman–Crippen LogP) is 2.80. The number of benzene rings is 1. The number of rotatable bonds is 2. The van der Waals surface area contributed by atoms with E-state index in [1.165, 1.54) is 12.1 Å². The number of non-ortho nitro benzene ring substituents is 1. The van der Waals surface area contributed by atoms with E-state index in [9.17, 15) is 10.1 Å². The van der Waals surface area contributed by atoms with Crippen molar-refractivity contribution in [2.24, 2.45) is 0 Å². The minimum absolute atomic E-state index is 0.0484. The van der Waals surface area contributed by atoms with Gasteiger partial charge in [0.25, 0.3) is 5.69 Å². The molecule has 0 bridgehead atoms. The molecule has 0 saturated heterocycles. The summed E-state index contributed by atoms with van der Waals surface area (Å²) in [7, 11) is 0. The summed E-state index contributed by atoms with van der Waals surface area (Å²) in [6.07, 6.45) is 1.85. The normalized spacial score (nSPS) is 10.8. The lowest BCUT2D eigenvalue weighted by molar-refractivity contribution is -0.384. The molecule has 0 fully saturated rings. The van der Waals surface area contributed by atoms with Gasteiger partial charge in [0.15, 0.2) is 0 Å². The Morgan fingerprint density at radius 1 is 1.25 bits per heavy atom. The molecular formula is C14H12N4O2. The van der Waals surface area contributed by atoms with Crippen LogP contribution in [-0.2, 0) is 0 Å². The number of hydrogen-bond acceptors (Lipinski definition) is 4. The third-order valence-electron chi connectivity index (χ3n) is 3.23. The quantitative estimate of drug-likeness (QED) is 0.572. The van der Waals surface area contributed by atoms with Crippen molar-refractivity contribution in [1.29, 1.82) is 0 Å². The number of aromatic nitrogens is 2. The molecule has 0 radical (unpaired) electrons. The Morgan fingerprint density at radius 2 is 1.95 bits per heavy atom. The number of nitrogens with zero attached hydrogens (tertiary/aromatic N) is 3. The third kappa shape index (κ3) is 1.78. The Morgan fingerprint density at radius 3 is 2.55 bits per heavy atom. The highest BCUT2D eigenvalue weighted by Crippen LogP contribution is 2.28. The molecule has 0 aliphatic heterocycles. The molecule has 2 aromatic heterocycles. The van der Waals surface area contributed by atoms with Crippen molar-refractivity contribution in [3.63, 3.8) is 0 Å². The molecule has 0 aliphatic carbocycles. The van der Waals surface area contributed by atoms with E-state index in [1.54, 1.807) is 12.1 Å². The number of nitrogen functional groups attached to an aromatic ring is 1. The van der Waals surface area contributed by atoms with Gasteiger partial charge >= 0.3 is 0 Å². The van der Waals surface area contributed by atoms with Crippen LogP contribution in [0.2, 0.25) is 0 Å². The van der Waals surface area contributed by atoms with E-state index < -0.39 is 4.92 Å². The molecule has 0 atom stereocenters. The van der Waals surface area contributed by atoms with E-state index >= 15 is 0 Å². The molecule has 0 amide bonds. The minimum atomic E-state index is -0.430. The van der Waals surface area contributed by atoms with Crippen LogP contribution in [0.25, 0.3) is 16.9 Å². The topological polar surface area (TPSA) is 86.5 Å². The van der Waals surface area contributed by atoms with Gasteiger partial charge in [0.1, 0.15) is 17.2 Å². The van der Waals surface area contributed by atoms with Crippen molar-refractivity contribution in [3.05, 3.63) is 58.3 Å². The first-order valence-corrected chi connectivity index (χ1v) is 6.06. The second-order valence-electron chi connectivity index (χ2n) is 4.53. The molecule has 0 spiro atoms. The van der Waals surface area contributed by atoms with E-state index in [2.05, 4.69) is 4.98 Å². The standard InChI is InChI=1S/C14H12N4O2/c1-9-3-2-8-17-13(15)12(16-14(9)17)10-4-6-11(7-5-10)18(19)20/h2-8H,15H2,1H3.